The van der Waals surface area contributed by atoms with Gasteiger partial charge in [0.2, 0.25) is 0 Å². The summed E-state index contributed by atoms with van der Waals surface area (Å²) in [6.07, 6.45) is 3.39. The molecule has 0 amide bonds. The third-order valence-electron chi connectivity index (χ3n) is 3.09. The van der Waals surface area contributed by atoms with Crippen LogP contribution in [0, 0.1) is 0 Å². The monoisotopic (exact) mass is 282 g/mol. The lowest BCUT2D eigenvalue weighted by Gasteiger charge is -2.09. The molecule has 0 aliphatic carbocycles. The van der Waals surface area contributed by atoms with Gasteiger partial charge in [0.05, 0.1) is 15.2 Å². The van der Waals surface area contributed by atoms with Crippen LogP contribution in [0.15, 0.2) is 18.2 Å². The van der Waals surface area contributed by atoms with E-state index in [2.05, 4.69) is 18.8 Å². The first-order chi connectivity index (χ1) is 8.56. The summed E-state index contributed by atoms with van der Waals surface area (Å²) in [6, 6.07) is 6.18. The maximum absolute atomic E-state index is 5.99. The second-order valence-electron chi connectivity index (χ2n) is 4.97. The number of nitrogens with two attached hydrogens (primary N) is 1. The van der Waals surface area contributed by atoms with Crippen molar-refractivity contribution in [3.63, 3.8) is 0 Å². The smallest absolute Gasteiger partial charge is 0.0966 e. The maximum atomic E-state index is 5.99. The lowest BCUT2D eigenvalue weighted by atomic mass is 10.0. The molecule has 0 aliphatic heterocycles. The summed E-state index contributed by atoms with van der Waals surface area (Å²) in [5.74, 6) is 0.500. The molecule has 1 aromatic heterocycles. The number of halogens is 1. The molecule has 4 heteroatoms. The Morgan fingerprint density at radius 2 is 2.11 bits per heavy atom. The van der Waals surface area contributed by atoms with Crippen LogP contribution in [-0.2, 0) is 0 Å². The molecule has 2 nitrogen and oxygen atoms in total. The van der Waals surface area contributed by atoms with Gasteiger partial charge in [0.1, 0.15) is 0 Å². The molecule has 1 aromatic carbocycles. The van der Waals surface area contributed by atoms with Gasteiger partial charge in [-0.15, -0.1) is 11.3 Å². The second-order valence-corrected chi connectivity index (χ2v) is 6.47. The van der Waals surface area contributed by atoms with Gasteiger partial charge in [-0.3, -0.25) is 0 Å². The van der Waals surface area contributed by atoms with Crippen LogP contribution >= 0.6 is 22.9 Å². The number of rotatable bonds is 5. The fourth-order valence-electron chi connectivity index (χ4n) is 2.00. The molecule has 1 heterocycles. The van der Waals surface area contributed by atoms with E-state index in [0.717, 1.165) is 29.8 Å². The van der Waals surface area contributed by atoms with Gasteiger partial charge in [0.25, 0.3) is 0 Å². The van der Waals surface area contributed by atoms with Crippen LogP contribution < -0.4 is 5.73 Å². The van der Waals surface area contributed by atoms with Gasteiger partial charge in [0, 0.05) is 17.0 Å². The topological polar surface area (TPSA) is 38.9 Å². The van der Waals surface area contributed by atoms with Crippen molar-refractivity contribution in [2.45, 2.75) is 45.1 Å². The molecule has 0 saturated heterocycles. The number of fused-ring (bicyclic) bond motifs is 1. The third kappa shape index (κ3) is 3.44. The Kier molecular flexibility index (Phi) is 4.60. The zero-order chi connectivity index (χ0) is 13.1. The number of hydrogen-bond acceptors (Lipinski definition) is 3. The number of benzene rings is 1. The first-order valence-corrected chi connectivity index (χ1v) is 7.57. The van der Waals surface area contributed by atoms with E-state index in [-0.39, 0.29) is 0 Å². The molecule has 2 atom stereocenters. The lowest BCUT2D eigenvalue weighted by molar-refractivity contribution is 0.556. The fourth-order valence-corrected chi connectivity index (χ4v) is 3.33. The summed E-state index contributed by atoms with van der Waals surface area (Å²) in [6.45, 7) is 4.30. The van der Waals surface area contributed by atoms with E-state index in [1.807, 2.05) is 18.2 Å². The minimum absolute atomic E-state index is 0.298. The Hall–Kier alpha value is -0.640. The zero-order valence-electron chi connectivity index (χ0n) is 10.8. The molecule has 18 heavy (non-hydrogen) atoms. The van der Waals surface area contributed by atoms with Crippen LogP contribution in [0.25, 0.3) is 10.2 Å². The highest BCUT2D eigenvalue weighted by Crippen LogP contribution is 2.31. The van der Waals surface area contributed by atoms with Crippen molar-refractivity contribution in [3.05, 3.63) is 28.2 Å². The Morgan fingerprint density at radius 3 is 2.83 bits per heavy atom. The minimum Gasteiger partial charge on any atom is -0.328 e. The normalized spacial score (nSPS) is 14.9. The summed E-state index contributed by atoms with van der Waals surface area (Å²) < 4.78 is 1.18. The summed E-state index contributed by atoms with van der Waals surface area (Å²) in [4.78, 5) is 4.68. The van der Waals surface area contributed by atoms with Crippen molar-refractivity contribution in [2.75, 3.05) is 0 Å². The molecular weight excluding hydrogens is 264 g/mol. The molecule has 0 radical (unpaired) electrons. The van der Waals surface area contributed by atoms with Gasteiger partial charge in [-0.2, -0.15) is 0 Å². The summed E-state index contributed by atoms with van der Waals surface area (Å²) in [5, 5.41) is 1.99. The molecular formula is C14H19ClN2S. The lowest BCUT2D eigenvalue weighted by Crippen LogP contribution is -2.14. The highest BCUT2D eigenvalue weighted by Gasteiger charge is 2.12. The zero-order valence-corrected chi connectivity index (χ0v) is 12.4. The van der Waals surface area contributed by atoms with Gasteiger partial charge in [0.15, 0.2) is 0 Å². The minimum atomic E-state index is 0.298. The number of aromatic nitrogens is 1. The summed E-state index contributed by atoms with van der Waals surface area (Å²) in [5.41, 5.74) is 6.82. The number of nitrogens with zero attached hydrogens (tertiary/aromatic N) is 1. The predicted molar refractivity (Wildman–Crippen MR) is 80.5 cm³/mol. The van der Waals surface area contributed by atoms with Crippen molar-refractivity contribution in [3.8, 4) is 0 Å². The number of hydrogen-bond donors (Lipinski definition) is 1. The van der Waals surface area contributed by atoms with Gasteiger partial charge < -0.3 is 5.73 Å². The summed E-state index contributed by atoms with van der Waals surface area (Å²) >= 11 is 7.74. The van der Waals surface area contributed by atoms with Crippen LogP contribution in [0.5, 0.6) is 0 Å². The molecule has 2 unspecified atom stereocenters. The average molecular weight is 283 g/mol. The highest BCUT2D eigenvalue weighted by atomic mass is 35.5. The van der Waals surface area contributed by atoms with Gasteiger partial charge in [-0.05, 0) is 38.0 Å². The van der Waals surface area contributed by atoms with Crippen LogP contribution in [0.3, 0.4) is 0 Å². The Balaban J connectivity index is 2.06. The first kappa shape index (κ1) is 13.8. The largest absolute Gasteiger partial charge is 0.328 e. The molecule has 2 N–H and O–H groups in total. The van der Waals surface area contributed by atoms with Crippen molar-refractivity contribution >= 4 is 33.2 Å². The van der Waals surface area contributed by atoms with Crippen LogP contribution in [0.2, 0.25) is 5.02 Å². The van der Waals surface area contributed by atoms with Crippen molar-refractivity contribution < 1.29 is 0 Å². The second kappa shape index (κ2) is 6.00. The van der Waals surface area contributed by atoms with Crippen LogP contribution in [0.4, 0.5) is 0 Å². The highest BCUT2D eigenvalue weighted by molar-refractivity contribution is 7.18. The Bertz CT molecular complexity index is 521. The fraction of sp³-hybridized carbons (Fsp3) is 0.500. The summed E-state index contributed by atoms with van der Waals surface area (Å²) in [7, 11) is 0. The standard InChI is InChI=1S/C14H19ClN2S/c1-9(4-3-5-10(2)16)14-17-12-7-6-11(15)8-13(12)18-14/h6-10H,3-5,16H2,1-2H3. The van der Waals surface area contributed by atoms with E-state index in [0.29, 0.717) is 12.0 Å². The van der Waals surface area contributed by atoms with E-state index < -0.39 is 0 Å². The predicted octanol–water partition coefficient (Wildman–Crippen LogP) is 4.57. The van der Waals surface area contributed by atoms with Crippen LogP contribution in [-0.4, -0.2) is 11.0 Å². The molecule has 0 fully saturated rings. The Labute approximate surface area is 117 Å². The molecule has 0 saturated carbocycles. The van der Waals surface area contributed by atoms with Crippen LogP contribution in [0.1, 0.15) is 44.0 Å². The quantitative estimate of drug-likeness (QED) is 0.872. The molecule has 98 valence electrons. The molecule has 2 aromatic rings. The SMILES string of the molecule is CC(N)CCCC(C)c1nc2ccc(Cl)cc2s1. The van der Waals surface area contributed by atoms with Crippen molar-refractivity contribution in [1.29, 1.82) is 0 Å². The molecule has 0 bridgehead atoms. The van der Waals surface area contributed by atoms with E-state index in [1.54, 1.807) is 11.3 Å². The molecule has 0 aliphatic rings. The van der Waals surface area contributed by atoms with E-state index in [1.165, 1.54) is 9.71 Å². The third-order valence-corrected chi connectivity index (χ3v) is 4.57. The number of thiazole rings is 1. The van der Waals surface area contributed by atoms with Gasteiger partial charge >= 0.3 is 0 Å². The van der Waals surface area contributed by atoms with E-state index in [9.17, 15) is 0 Å². The maximum Gasteiger partial charge on any atom is 0.0966 e. The van der Waals surface area contributed by atoms with Gasteiger partial charge in [-0.25, -0.2) is 4.98 Å². The average Bonchev–Trinajstić information content (AvgIpc) is 2.71. The Morgan fingerprint density at radius 1 is 1.33 bits per heavy atom. The van der Waals surface area contributed by atoms with Gasteiger partial charge in [-0.1, -0.05) is 24.9 Å². The van der Waals surface area contributed by atoms with E-state index in [4.69, 9.17) is 17.3 Å². The van der Waals surface area contributed by atoms with Crippen molar-refractivity contribution in [1.82, 2.24) is 4.98 Å². The van der Waals surface area contributed by atoms with Crippen molar-refractivity contribution in [2.24, 2.45) is 5.73 Å². The van der Waals surface area contributed by atoms with E-state index >= 15 is 0 Å². The molecule has 2 rings (SSSR count). The molecule has 0 spiro atoms. The first-order valence-electron chi connectivity index (χ1n) is 6.38.